The van der Waals surface area contributed by atoms with Gasteiger partial charge in [-0.3, -0.25) is 0 Å². The molecule has 0 aliphatic rings. The fourth-order valence-electron chi connectivity index (χ4n) is 0. The molecule has 5 N–H and O–H groups in total. The average molecular weight is 103 g/mol. The van der Waals surface area contributed by atoms with Gasteiger partial charge in [-0.2, -0.15) is 0 Å². The van der Waals surface area contributed by atoms with E-state index in [0.29, 0.717) is 0 Å². The second-order valence-electron chi connectivity index (χ2n) is 0. The molecule has 22 valence electrons. The molecule has 0 aliphatic heterocycles. The van der Waals surface area contributed by atoms with Crippen LogP contribution in [0.3, 0.4) is 0 Å². The Morgan fingerprint density at radius 2 is 1.00 bits per heavy atom. The first-order valence-corrected chi connectivity index (χ1v) is 0. The zero-order valence-electron chi connectivity index (χ0n) is 2.41. The van der Waals surface area contributed by atoms with Crippen molar-refractivity contribution in [2.75, 3.05) is 0 Å². The van der Waals surface area contributed by atoms with Gasteiger partial charge < -0.3 is 11.6 Å². The monoisotopic (exact) mass is 103 g/mol. The van der Waals surface area contributed by atoms with Crippen LogP contribution in [-0.4, -0.2) is 54.2 Å². The minimum absolute atomic E-state index is 0. The van der Waals surface area contributed by atoms with E-state index in [0.717, 1.165) is 0 Å². The molecular weight excluding hydrogens is 98.2 g/mol. The van der Waals surface area contributed by atoms with E-state index in [1.807, 2.05) is 0 Å². The minimum atomic E-state index is 0. The van der Waals surface area contributed by atoms with Crippen LogP contribution >= 0.6 is 0 Å². The molecule has 4 heteroatoms. The minimum Gasteiger partial charge on any atom is -0.412 e. The summed E-state index contributed by atoms with van der Waals surface area (Å²) in [5.41, 5.74) is 0. The van der Waals surface area contributed by atoms with Crippen molar-refractivity contribution in [2.24, 2.45) is 0 Å². The van der Waals surface area contributed by atoms with Gasteiger partial charge in [-0.05, 0) is 0 Å². The summed E-state index contributed by atoms with van der Waals surface area (Å²) in [6.07, 6.45) is 0. The summed E-state index contributed by atoms with van der Waals surface area (Å²) < 4.78 is 0. The molecule has 4 heavy (non-hydrogen) atoms. The van der Waals surface area contributed by atoms with Gasteiger partial charge in [-0.15, -0.1) is 0 Å². The van der Waals surface area contributed by atoms with E-state index < -0.39 is 0 Å². The Morgan fingerprint density at radius 3 is 1.00 bits per heavy atom. The van der Waals surface area contributed by atoms with E-state index in [4.69, 9.17) is 0 Å². The Labute approximate surface area is 59.9 Å². The molecule has 0 saturated heterocycles. The van der Waals surface area contributed by atoms with E-state index in [9.17, 15) is 0 Å². The molecule has 0 aliphatic carbocycles. The van der Waals surface area contributed by atoms with Gasteiger partial charge in [0.25, 0.3) is 0 Å². The third kappa shape index (κ3) is 10.0. The smallest absolute Gasteiger partial charge is 0 e. The summed E-state index contributed by atoms with van der Waals surface area (Å²) in [5, 5.41) is 0. The summed E-state index contributed by atoms with van der Waals surface area (Å²) in [6, 6.07) is 0. The van der Waals surface area contributed by atoms with E-state index in [2.05, 4.69) is 0 Å². The molecule has 0 heterocycles. The van der Waals surface area contributed by atoms with Crippen molar-refractivity contribution in [3.05, 3.63) is 0 Å². The summed E-state index contributed by atoms with van der Waals surface area (Å²) in [5.74, 6) is 0. The largest absolute Gasteiger partial charge is 0.412 e. The Morgan fingerprint density at radius 1 is 1.00 bits per heavy atom. The fraction of sp³-hybridized carbons (Fsp3) is 0. The van der Waals surface area contributed by atoms with Gasteiger partial charge in [0.15, 0.2) is 0 Å². The molecule has 0 fully saturated rings. The zero-order valence-corrected chi connectivity index (χ0v) is 5.62. The van der Waals surface area contributed by atoms with Crippen LogP contribution < -0.4 is 6.15 Å². The van der Waals surface area contributed by atoms with Crippen molar-refractivity contribution in [3.63, 3.8) is 0 Å². The van der Waals surface area contributed by atoms with Crippen LogP contribution in [0.1, 0.15) is 0 Å². The SMILES string of the molecule is N.O.[Ca].[Si]. The summed E-state index contributed by atoms with van der Waals surface area (Å²) >= 11 is 0. The van der Waals surface area contributed by atoms with Crippen molar-refractivity contribution < 1.29 is 5.48 Å². The molecular formula is H5CaNOSi. The summed E-state index contributed by atoms with van der Waals surface area (Å²) in [4.78, 5) is 0. The predicted octanol–water partition coefficient (Wildman–Crippen LogP) is -1.42. The van der Waals surface area contributed by atoms with E-state index >= 15 is 0 Å². The van der Waals surface area contributed by atoms with Crippen molar-refractivity contribution in [3.8, 4) is 0 Å². The van der Waals surface area contributed by atoms with Crippen LogP contribution in [0.4, 0.5) is 0 Å². The van der Waals surface area contributed by atoms with E-state index in [1.165, 1.54) is 0 Å². The maximum Gasteiger partial charge on any atom is 0 e. The fourth-order valence-corrected chi connectivity index (χ4v) is 0. The van der Waals surface area contributed by atoms with Gasteiger partial charge in [-0.1, -0.05) is 0 Å². The second-order valence-corrected chi connectivity index (χ2v) is 0. The Hall–Kier alpha value is 1.40. The normalized spacial score (nSPS) is 0. The van der Waals surface area contributed by atoms with Crippen molar-refractivity contribution in [1.82, 2.24) is 6.15 Å². The standard InChI is InChI=1S/Ca.H3N.H2O.Si/h;1H3;1H2;. The Balaban J connectivity index is 0. The van der Waals surface area contributed by atoms with Crippen LogP contribution in [-0.2, 0) is 0 Å². The molecule has 2 nitrogen and oxygen atoms in total. The topological polar surface area (TPSA) is 66.5 Å². The molecule has 6 radical (unpaired) electrons. The molecule has 0 aromatic carbocycles. The molecule has 0 rings (SSSR count). The molecule has 0 bridgehead atoms. The Bertz CT molecular complexity index is 8.00. The number of rotatable bonds is 0. The number of hydrogen-bond donors (Lipinski definition) is 1. The van der Waals surface area contributed by atoms with Crippen LogP contribution in [0.25, 0.3) is 0 Å². The molecule has 0 saturated carbocycles. The van der Waals surface area contributed by atoms with Crippen molar-refractivity contribution in [1.29, 1.82) is 0 Å². The van der Waals surface area contributed by atoms with Gasteiger partial charge in [0.05, 0.1) is 0 Å². The average Bonchev–Trinajstić information content (AvgIpc) is 0. The van der Waals surface area contributed by atoms with Gasteiger partial charge in [0.1, 0.15) is 0 Å². The Kier molecular flexibility index (Phi) is 348. The van der Waals surface area contributed by atoms with Crippen LogP contribution in [0.15, 0.2) is 0 Å². The van der Waals surface area contributed by atoms with Crippen LogP contribution in [0.2, 0.25) is 0 Å². The van der Waals surface area contributed by atoms with Gasteiger partial charge in [0, 0.05) is 48.7 Å². The predicted molar refractivity (Wildman–Crippen MR) is 20.1 cm³/mol. The second kappa shape index (κ2) is 26.0. The summed E-state index contributed by atoms with van der Waals surface area (Å²) in [7, 11) is 0. The van der Waals surface area contributed by atoms with Crippen LogP contribution in [0, 0.1) is 0 Å². The molecule has 0 aromatic heterocycles. The first kappa shape index (κ1) is 53.5. The van der Waals surface area contributed by atoms with Crippen molar-refractivity contribution in [2.45, 2.75) is 0 Å². The third-order valence-corrected chi connectivity index (χ3v) is 0. The first-order chi connectivity index (χ1) is 0. The zero-order chi connectivity index (χ0) is 0. The van der Waals surface area contributed by atoms with Gasteiger partial charge in [-0.25, -0.2) is 0 Å². The maximum atomic E-state index is 0. The molecule has 0 amide bonds. The molecule has 0 spiro atoms. The number of hydrogen-bond acceptors (Lipinski definition) is 1. The first-order valence-electron chi connectivity index (χ1n) is 0. The van der Waals surface area contributed by atoms with Crippen LogP contribution in [0.5, 0.6) is 0 Å². The third-order valence-electron chi connectivity index (χ3n) is 0. The van der Waals surface area contributed by atoms with Gasteiger partial charge >= 0.3 is 0 Å². The summed E-state index contributed by atoms with van der Waals surface area (Å²) in [6.45, 7) is 0. The molecule has 0 unspecified atom stereocenters. The van der Waals surface area contributed by atoms with Gasteiger partial charge in [0.2, 0.25) is 0 Å². The quantitative estimate of drug-likeness (QED) is 0.375. The molecule has 0 atom stereocenters. The van der Waals surface area contributed by atoms with Crippen molar-refractivity contribution >= 4 is 48.7 Å². The maximum absolute atomic E-state index is 0. The molecule has 0 aromatic rings. The van der Waals surface area contributed by atoms with E-state index in [1.54, 1.807) is 0 Å². The van der Waals surface area contributed by atoms with E-state index in [-0.39, 0.29) is 60.3 Å².